The Labute approximate surface area is 121 Å². The molecule has 0 unspecified atom stereocenters. The Hall–Kier alpha value is -1.07. The van der Waals surface area contributed by atoms with E-state index in [2.05, 4.69) is 21.2 Å². The molecule has 0 saturated carbocycles. The monoisotopic (exact) mass is 327 g/mol. The molecule has 1 amide bonds. The fourth-order valence-electron chi connectivity index (χ4n) is 2.00. The van der Waals surface area contributed by atoms with E-state index in [0.29, 0.717) is 6.54 Å². The first-order valence-corrected chi connectivity index (χ1v) is 7.21. The predicted octanol–water partition coefficient (Wildman–Crippen LogP) is 2.43. The van der Waals surface area contributed by atoms with Crippen molar-refractivity contribution in [3.63, 3.8) is 0 Å². The predicted molar refractivity (Wildman–Crippen MR) is 76.4 cm³/mol. The SMILES string of the molecule is Cc1cc(Br)ccc1OCC(=O)NC[C@H]1CCCO1. The summed E-state index contributed by atoms with van der Waals surface area (Å²) < 4.78 is 11.9. The summed E-state index contributed by atoms with van der Waals surface area (Å²) >= 11 is 3.39. The number of hydrogen-bond acceptors (Lipinski definition) is 3. The van der Waals surface area contributed by atoms with Crippen LogP contribution in [0.1, 0.15) is 18.4 Å². The van der Waals surface area contributed by atoms with Crippen molar-refractivity contribution in [1.29, 1.82) is 0 Å². The first kappa shape index (κ1) is 14.3. The third-order valence-electron chi connectivity index (χ3n) is 3.05. The van der Waals surface area contributed by atoms with E-state index in [4.69, 9.17) is 9.47 Å². The van der Waals surface area contributed by atoms with Crippen molar-refractivity contribution >= 4 is 21.8 Å². The summed E-state index contributed by atoms with van der Waals surface area (Å²) in [6.07, 6.45) is 2.26. The van der Waals surface area contributed by atoms with Crippen molar-refractivity contribution in [2.45, 2.75) is 25.9 Å². The average Bonchev–Trinajstić information content (AvgIpc) is 2.88. The molecule has 2 rings (SSSR count). The Kier molecular flexibility index (Phi) is 5.22. The highest BCUT2D eigenvalue weighted by Crippen LogP contribution is 2.21. The molecule has 0 aromatic heterocycles. The molecule has 1 atom stereocenters. The van der Waals surface area contributed by atoms with Gasteiger partial charge in [-0.2, -0.15) is 0 Å². The number of amides is 1. The molecule has 1 fully saturated rings. The standard InChI is InChI=1S/C14H18BrNO3/c1-10-7-11(15)4-5-13(10)19-9-14(17)16-8-12-3-2-6-18-12/h4-5,7,12H,2-3,6,8-9H2,1H3,(H,16,17)/t12-/m1/s1. The third-order valence-corrected chi connectivity index (χ3v) is 3.54. The summed E-state index contributed by atoms with van der Waals surface area (Å²) in [6, 6.07) is 5.71. The Morgan fingerprint density at radius 2 is 2.42 bits per heavy atom. The number of nitrogens with one attached hydrogen (secondary N) is 1. The smallest absolute Gasteiger partial charge is 0.258 e. The quantitative estimate of drug-likeness (QED) is 0.903. The molecule has 0 spiro atoms. The second-order valence-corrected chi connectivity index (χ2v) is 5.55. The number of carbonyl (C=O) groups is 1. The Morgan fingerprint density at radius 3 is 3.11 bits per heavy atom. The lowest BCUT2D eigenvalue weighted by Gasteiger charge is -2.12. The van der Waals surface area contributed by atoms with Crippen LogP contribution >= 0.6 is 15.9 Å². The van der Waals surface area contributed by atoms with Crippen LogP contribution in [-0.2, 0) is 9.53 Å². The van der Waals surface area contributed by atoms with Crippen molar-refractivity contribution < 1.29 is 14.3 Å². The number of aryl methyl sites for hydroxylation is 1. The molecule has 0 bridgehead atoms. The van der Waals surface area contributed by atoms with Gasteiger partial charge in [0, 0.05) is 17.6 Å². The van der Waals surface area contributed by atoms with Crippen LogP contribution < -0.4 is 10.1 Å². The number of hydrogen-bond donors (Lipinski definition) is 1. The van der Waals surface area contributed by atoms with Gasteiger partial charge >= 0.3 is 0 Å². The van der Waals surface area contributed by atoms with Gasteiger partial charge in [0.1, 0.15) is 5.75 Å². The van der Waals surface area contributed by atoms with Gasteiger partial charge in [-0.1, -0.05) is 15.9 Å². The highest BCUT2D eigenvalue weighted by atomic mass is 79.9. The Bertz CT molecular complexity index is 444. The number of rotatable bonds is 5. The zero-order chi connectivity index (χ0) is 13.7. The minimum absolute atomic E-state index is 0.0369. The summed E-state index contributed by atoms with van der Waals surface area (Å²) in [4.78, 5) is 11.7. The van der Waals surface area contributed by atoms with Gasteiger partial charge in [-0.25, -0.2) is 0 Å². The largest absolute Gasteiger partial charge is 0.484 e. The highest BCUT2D eigenvalue weighted by Gasteiger charge is 2.16. The highest BCUT2D eigenvalue weighted by molar-refractivity contribution is 9.10. The summed E-state index contributed by atoms with van der Waals surface area (Å²) in [5.74, 6) is 0.619. The molecule has 104 valence electrons. The molecule has 1 aliphatic heterocycles. The van der Waals surface area contributed by atoms with Crippen molar-refractivity contribution in [3.8, 4) is 5.75 Å². The molecule has 1 heterocycles. The molecular formula is C14H18BrNO3. The van der Waals surface area contributed by atoms with Crippen LogP contribution in [0.3, 0.4) is 0 Å². The molecule has 0 radical (unpaired) electrons. The minimum Gasteiger partial charge on any atom is -0.484 e. The Morgan fingerprint density at radius 1 is 1.58 bits per heavy atom. The zero-order valence-electron chi connectivity index (χ0n) is 10.9. The maximum Gasteiger partial charge on any atom is 0.258 e. The maximum absolute atomic E-state index is 11.7. The normalized spacial score (nSPS) is 18.3. The average molecular weight is 328 g/mol. The van der Waals surface area contributed by atoms with Crippen LogP contribution in [0.15, 0.2) is 22.7 Å². The van der Waals surface area contributed by atoms with E-state index in [0.717, 1.165) is 35.2 Å². The van der Waals surface area contributed by atoms with E-state index in [1.807, 2.05) is 25.1 Å². The Balaban J connectivity index is 1.73. The van der Waals surface area contributed by atoms with E-state index in [9.17, 15) is 4.79 Å². The van der Waals surface area contributed by atoms with E-state index in [-0.39, 0.29) is 18.6 Å². The van der Waals surface area contributed by atoms with Crippen LogP contribution in [0, 0.1) is 6.92 Å². The molecule has 1 aromatic rings. The van der Waals surface area contributed by atoms with Gasteiger partial charge < -0.3 is 14.8 Å². The van der Waals surface area contributed by atoms with Crippen molar-refractivity contribution in [2.24, 2.45) is 0 Å². The van der Waals surface area contributed by atoms with Gasteiger partial charge in [-0.15, -0.1) is 0 Å². The van der Waals surface area contributed by atoms with Crippen LogP contribution in [0.25, 0.3) is 0 Å². The van der Waals surface area contributed by atoms with E-state index in [1.165, 1.54) is 0 Å². The lowest BCUT2D eigenvalue weighted by Crippen LogP contribution is -2.35. The second kappa shape index (κ2) is 6.91. The van der Waals surface area contributed by atoms with Gasteiger partial charge in [0.15, 0.2) is 6.61 Å². The lowest BCUT2D eigenvalue weighted by atomic mass is 10.2. The first-order valence-electron chi connectivity index (χ1n) is 6.42. The molecule has 1 aromatic carbocycles. The van der Waals surface area contributed by atoms with Crippen molar-refractivity contribution in [1.82, 2.24) is 5.32 Å². The lowest BCUT2D eigenvalue weighted by molar-refractivity contribution is -0.123. The molecule has 19 heavy (non-hydrogen) atoms. The summed E-state index contributed by atoms with van der Waals surface area (Å²) in [5.41, 5.74) is 1.00. The molecular weight excluding hydrogens is 310 g/mol. The second-order valence-electron chi connectivity index (χ2n) is 4.64. The van der Waals surface area contributed by atoms with Crippen LogP contribution in [0.5, 0.6) is 5.75 Å². The number of halogens is 1. The minimum atomic E-state index is -0.113. The van der Waals surface area contributed by atoms with Crippen molar-refractivity contribution in [3.05, 3.63) is 28.2 Å². The zero-order valence-corrected chi connectivity index (χ0v) is 12.5. The number of ether oxygens (including phenoxy) is 2. The fourth-order valence-corrected chi connectivity index (χ4v) is 2.48. The van der Waals surface area contributed by atoms with Crippen LogP contribution in [-0.4, -0.2) is 31.8 Å². The van der Waals surface area contributed by atoms with Crippen LogP contribution in [0.4, 0.5) is 0 Å². The fraction of sp³-hybridized carbons (Fsp3) is 0.500. The molecule has 1 aliphatic rings. The number of carbonyl (C=O) groups excluding carboxylic acids is 1. The molecule has 1 N–H and O–H groups in total. The van der Waals surface area contributed by atoms with E-state index in [1.54, 1.807) is 0 Å². The summed E-state index contributed by atoms with van der Waals surface area (Å²) in [5, 5.41) is 2.83. The van der Waals surface area contributed by atoms with E-state index < -0.39 is 0 Å². The van der Waals surface area contributed by atoms with Gasteiger partial charge in [0.2, 0.25) is 0 Å². The van der Waals surface area contributed by atoms with E-state index >= 15 is 0 Å². The van der Waals surface area contributed by atoms with Crippen molar-refractivity contribution in [2.75, 3.05) is 19.8 Å². The van der Waals surface area contributed by atoms with Gasteiger partial charge in [0.25, 0.3) is 5.91 Å². The molecule has 4 nitrogen and oxygen atoms in total. The van der Waals surface area contributed by atoms with Gasteiger partial charge in [0.05, 0.1) is 6.10 Å². The summed E-state index contributed by atoms with van der Waals surface area (Å²) in [6.45, 7) is 3.36. The third kappa shape index (κ3) is 4.51. The molecule has 0 aliphatic carbocycles. The van der Waals surface area contributed by atoms with Crippen LogP contribution in [0.2, 0.25) is 0 Å². The topological polar surface area (TPSA) is 47.6 Å². The molecule has 1 saturated heterocycles. The maximum atomic E-state index is 11.7. The molecule has 5 heteroatoms. The van der Waals surface area contributed by atoms with Gasteiger partial charge in [-0.05, 0) is 43.5 Å². The first-order chi connectivity index (χ1) is 9.15. The van der Waals surface area contributed by atoms with Gasteiger partial charge in [-0.3, -0.25) is 4.79 Å². The number of benzene rings is 1. The summed E-state index contributed by atoms with van der Waals surface area (Å²) in [7, 11) is 0.